The van der Waals surface area contributed by atoms with Gasteiger partial charge in [0.2, 0.25) is 0 Å². The maximum atomic E-state index is 5.24. The van der Waals surface area contributed by atoms with Crippen molar-refractivity contribution < 1.29 is 0 Å². The molecule has 3 aromatic heterocycles. The number of hydrogen-bond donors (Lipinski definition) is 0. The lowest BCUT2D eigenvalue weighted by molar-refractivity contribution is 1.08. The molecule has 0 saturated carbocycles. The fourth-order valence-electron chi connectivity index (χ4n) is 8.66. The molecule has 0 saturated heterocycles. The molecule has 0 aliphatic rings. The molecule has 0 atom stereocenters. The molecule has 5 heteroatoms. The molecule has 0 aliphatic carbocycles. The van der Waals surface area contributed by atoms with Crippen molar-refractivity contribution >= 4 is 74.9 Å². The third-order valence-electron chi connectivity index (χ3n) is 11.4. The van der Waals surface area contributed by atoms with E-state index in [1.54, 1.807) is 0 Å². The first-order chi connectivity index (χ1) is 28.7. The minimum Gasteiger partial charge on any atom is -0.309 e. The van der Waals surface area contributed by atoms with Crippen molar-refractivity contribution in [2.45, 2.75) is 0 Å². The van der Waals surface area contributed by atoms with Crippen LogP contribution in [-0.4, -0.2) is 19.5 Å². The van der Waals surface area contributed by atoms with Crippen molar-refractivity contribution in [3.05, 3.63) is 194 Å². The zero-order chi connectivity index (χ0) is 38.2. The van der Waals surface area contributed by atoms with E-state index >= 15 is 0 Å². The van der Waals surface area contributed by atoms with Gasteiger partial charge < -0.3 is 4.57 Å². The van der Waals surface area contributed by atoms with Gasteiger partial charge in [-0.15, -0.1) is 11.3 Å². The summed E-state index contributed by atoms with van der Waals surface area (Å²) in [6.07, 6.45) is 0. The lowest BCUT2D eigenvalue weighted by Crippen LogP contribution is -2.00. The molecule has 0 amide bonds. The predicted octanol–water partition coefficient (Wildman–Crippen LogP) is 14.3. The summed E-state index contributed by atoms with van der Waals surface area (Å²) in [5.74, 6) is 1.95. The molecular weight excluding hydrogens is 725 g/mol. The Bertz CT molecular complexity index is 3560. The van der Waals surface area contributed by atoms with Gasteiger partial charge >= 0.3 is 0 Å². The Kier molecular flexibility index (Phi) is 7.37. The van der Waals surface area contributed by atoms with Crippen LogP contribution in [-0.2, 0) is 0 Å². The van der Waals surface area contributed by atoms with Crippen molar-refractivity contribution in [1.29, 1.82) is 0 Å². The van der Waals surface area contributed by atoms with Gasteiger partial charge in [-0.3, -0.25) is 0 Å². The van der Waals surface area contributed by atoms with E-state index in [2.05, 4.69) is 193 Å². The molecule has 0 radical (unpaired) electrons. The summed E-state index contributed by atoms with van der Waals surface area (Å²) >= 11 is 1.81. The van der Waals surface area contributed by atoms with Crippen LogP contribution in [0.5, 0.6) is 0 Å². The molecule has 9 aromatic carbocycles. The third-order valence-corrected chi connectivity index (χ3v) is 12.6. The maximum Gasteiger partial charge on any atom is 0.164 e. The minimum atomic E-state index is 0.644. The number of benzene rings is 9. The highest BCUT2D eigenvalue weighted by Gasteiger charge is 2.20. The maximum absolute atomic E-state index is 5.24. The summed E-state index contributed by atoms with van der Waals surface area (Å²) < 4.78 is 4.85. The summed E-state index contributed by atoms with van der Waals surface area (Å²) in [7, 11) is 0. The van der Waals surface area contributed by atoms with Crippen LogP contribution in [0.2, 0.25) is 0 Å². The van der Waals surface area contributed by atoms with E-state index in [-0.39, 0.29) is 0 Å². The van der Waals surface area contributed by atoms with E-state index in [4.69, 9.17) is 15.0 Å². The number of hydrogen-bond acceptors (Lipinski definition) is 4. The Morgan fingerprint density at radius 3 is 1.86 bits per heavy atom. The van der Waals surface area contributed by atoms with Crippen LogP contribution in [0.15, 0.2) is 194 Å². The van der Waals surface area contributed by atoms with Crippen molar-refractivity contribution in [3.8, 4) is 51.0 Å². The van der Waals surface area contributed by atoms with E-state index in [1.807, 2.05) is 17.4 Å². The number of fused-ring (bicyclic) bond motifs is 9. The molecule has 12 rings (SSSR count). The molecule has 270 valence electrons. The number of rotatable bonds is 5. The Balaban J connectivity index is 1.05. The van der Waals surface area contributed by atoms with Gasteiger partial charge in [-0.05, 0) is 57.6 Å². The van der Waals surface area contributed by atoms with Gasteiger partial charge in [-0.2, -0.15) is 0 Å². The van der Waals surface area contributed by atoms with Crippen LogP contribution >= 0.6 is 11.3 Å². The second kappa shape index (κ2) is 13.1. The Morgan fingerprint density at radius 2 is 1.00 bits per heavy atom. The molecular formula is C53H32N4S. The SMILES string of the molecule is c1ccc(-c2ccc(-c3nc(-c4ccc5ccccc5c4)nc(-c4cccc5sc6cc(-n7c8ccccc8c8ccc9ccccc9c87)ccc6c45)n3)cc2)cc1. The van der Waals surface area contributed by atoms with Gasteiger partial charge in [0.15, 0.2) is 17.5 Å². The van der Waals surface area contributed by atoms with Crippen LogP contribution < -0.4 is 0 Å². The van der Waals surface area contributed by atoms with Gasteiger partial charge in [0, 0.05) is 58.7 Å². The first-order valence-electron chi connectivity index (χ1n) is 19.5. The molecule has 0 aliphatic heterocycles. The number of thiophene rings is 1. The molecule has 0 unspecified atom stereocenters. The zero-order valence-corrected chi connectivity index (χ0v) is 32.0. The largest absolute Gasteiger partial charge is 0.309 e. The predicted molar refractivity (Wildman–Crippen MR) is 244 cm³/mol. The fraction of sp³-hybridized carbons (Fsp3) is 0. The molecule has 4 nitrogen and oxygen atoms in total. The number of para-hydroxylation sites is 1. The Hall–Kier alpha value is -7.47. The molecule has 0 spiro atoms. The van der Waals surface area contributed by atoms with Crippen molar-refractivity contribution in [3.63, 3.8) is 0 Å². The van der Waals surface area contributed by atoms with E-state index in [0.29, 0.717) is 17.5 Å². The molecule has 0 fully saturated rings. The van der Waals surface area contributed by atoms with Crippen molar-refractivity contribution in [1.82, 2.24) is 19.5 Å². The van der Waals surface area contributed by atoms with Gasteiger partial charge in [-0.1, -0.05) is 164 Å². The smallest absolute Gasteiger partial charge is 0.164 e. The minimum absolute atomic E-state index is 0.644. The Labute approximate surface area is 338 Å². The highest BCUT2D eigenvalue weighted by molar-refractivity contribution is 7.26. The quantitative estimate of drug-likeness (QED) is 0.176. The van der Waals surface area contributed by atoms with Gasteiger partial charge in [0.1, 0.15) is 0 Å². The van der Waals surface area contributed by atoms with Gasteiger partial charge in [0.05, 0.1) is 11.0 Å². The lowest BCUT2D eigenvalue weighted by Gasteiger charge is -2.11. The topological polar surface area (TPSA) is 43.6 Å². The van der Waals surface area contributed by atoms with E-state index < -0.39 is 0 Å². The average molecular weight is 757 g/mol. The highest BCUT2D eigenvalue weighted by Crippen LogP contribution is 2.43. The van der Waals surface area contributed by atoms with E-state index in [9.17, 15) is 0 Å². The average Bonchev–Trinajstić information content (AvgIpc) is 3.85. The number of nitrogens with zero attached hydrogens (tertiary/aromatic N) is 4. The second-order valence-electron chi connectivity index (χ2n) is 14.8. The third kappa shape index (κ3) is 5.25. The van der Waals surface area contributed by atoms with Crippen LogP contribution in [0, 0.1) is 0 Å². The summed E-state index contributed by atoms with van der Waals surface area (Å²) in [6, 6.07) is 69.2. The van der Waals surface area contributed by atoms with Crippen LogP contribution in [0.25, 0.3) is 115 Å². The first-order valence-corrected chi connectivity index (χ1v) is 20.3. The van der Waals surface area contributed by atoms with Gasteiger partial charge in [-0.25, -0.2) is 15.0 Å². The van der Waals surface area contributed by atoms with Crippen LogP contribution in [0.3, 0.4) is 0 Å². The molecule has 58 heavy (non-hydrogen) atoms. The first kappa shape index (κ1) is 32.7. The zero-order valence-electron chi connectivity index (χ0n) is 31.2. The van der Waals surface area contributed by atoms with E-state index in [0.717, 1.165) is 38.7 Å². The molecule has 3 heterocycles. The summed E-state index contributed by atoms with van der Waals surface area (Å²) in [6.45, 7) is 0. The molecule has 0 bridgehead atoms. The monoisotopic (exact) mass is 756 g/mol. The standard InChI is InChI=1S/C53H32N4S/c1-2-11-33(12-3-1)35-21-24-37(25-22-35)51-54-52(39-26-23-34-13-4-5-15-38(34)31-39)56-53(55-51)45-18-10-20-47-49(45)44-30-28-40(32-48(44)58-47)57-46-19-9-8-17-42(46)43-29-27-36-14-6-7-16-41(36)50(43)57/h1-32H. The normalized spacial score (nSPS) is 11.8. The lowest BCUT2D eigenvalue weighted by atomic mass is 10.0. The number of aromatic nitrogens is 4. The summed E-state index contributed by atoms with van der Waals surface area (Å²) in [4.78, 5) is 15.6. The van der Waals surface area contributed by atoms with Crippen molar-refractivity contribution in [2.24, 2.45) is 0 Å². The van der Waals surface area contributed by atoms with Crippen LogP contribution in [0.4, 0.5) is 0 Å². The summed E-state index contributed by atoms with van der Waals surface area (Å²) in [5, 5.41) is 9.67. The fourth-order valence-corrected chi connectivity index (χ4v) is 9.83. The molecule has 0 N–H and O–H groups in total. The summed E-state index contributed by atoms with van der Waals surface area (Å²) in [5.41, 5.74) is 8.78. The van der Waals surface area contributed by atoms with Crippen molar-refractivity contribution in [2.75, 3.05) is 0 Å². The molecule has 12 aromatic rings. The second-order valence-corrected chi connectivity index (χ2v) is 15.9. The Morgan fingerprint density at radius 1 is 0.362 bits per heavy atom. The van der Waals surface area contributed by atoms with Gasteiger partial charge in [0.25, 0.3) is 0 Å². The van der Waals surface area contributed by atoms with E-state index in [1.165, 1.54) is 58.3 Å². The highest BCUT2D eigenvalue weighted by atomic mass is 32.1. The van der Waals surface area contributed by atoms with Crippen LogP contribution in [0.1, 0.15) is 0 Å².